The molecule has 3 aromatic carbocycles. The van der Waals surface area contributed by atoms with Crippen LogP contribution in [0.4, 0.5) is 11.4 Å². The second kappa shape index (κ2) is 7.51. The Hall–Kier alpha value is -3.32. The molecule has 1 heterocycles. The second-order valence-corrected chi connectivity index (χ2v) is 8.09. The summed E-state index contributed by atoms with van der Waals surface area (Å²) in [7, 11) is 0. The molecule has 0 unspecified atom stereocenters. The summed E-state index contributed by atoms with van der Waals surface area (Å²) in [6.07, 6.45) is 0. The number of anilines is 2. The van der Waals surface area contributed by atoms with Crippen LogP contribution >= 0.6 is 0 Å². The quantitative estimate of drug-likeness (QED) is 0.410. The standard InChI is InChI=1S/C22H14N2O2Se/c23-14-15-10-12-17(13-11-15)27-21-20(24-16-6-2-1-3-7-16)18-8-4-5-9-19(18)26-22(21)25/h1-13,24H. The summed E-state index contributed by atoms with van der Waals surface area (Å²) >= 11 is -0.268. The van der Waals surface area contributed by atoms with E-state index in [4.69, 9.17) is 9.68 Å². The Morgan fingerprint density at radius 1 is 0.889 bits per heavy atom. The van der Waals surface area contributed by atoms with Crippen molar-refractivity contribution in [3.05, 3.63) is 94.8 Å². The van der Waals surface area contributed by atoms with Gasteiger partial charge in [-0.1, -0.05) is 0 Å². The van der Waals surface area contributed by atoms with Crippen molar-refractivity contribution in [3.8, 4) is 6.07 Å². The summed E-state index contributed by atoms with van der Waals surface area (Å²) in [6.45, 7) is 0. The number of nitrogens with one attached hydrogen (secondary N) is 1. The van der Waals surface area contributed by atoms with Gasteiger partial charge in [0.1, 0.15) is 0 Å². The Kier molecular flexibility index (Phi) is 4.76. The van der Waals surface area contributed by atoms with Crippen molar-refractivity contribution in [2.24, 2.45) is 0 Å². The number of fused-ring (bicyclic) bond motifs is 1. The number of hydrogen-bond donors (Lipinski definition) is 1. The monoisotopic (exact) mass is 418 g/mol. The molecule has 4 rings (SSSR count). The molecule has 0 aliphatic heterocycles. The molecule has 0 fully saturated rings. The van der Waals surface area contributed by atoms with Crippen molar-refractivity contribution in [3.63, 3.8) is 0 Å². The Balaban J connectivity index is 1.85. The van der Waals surface area contributed by atoms with Gasteiger partial charge in [-0.2, -0.15) is 0 Å². The molecule has 0 bridgehead atoms. The summed E-state index contributed by atoms with van der Waals surface area (Å²) in [4.78, 5) is 12.7. The van der Waals surface area contributed by atoms with E-state index in [0.717, 1.165) is 21.2 Å². The number of nitriles is 1. The van der Waals surface area contributed by atoms with E-state index in [-0.39, 0.29) is 20.6 Å². The van der Waals surface area contributed by atoms with Gasteiger partial charge in [-0.25, -0.2) is 0 Å². The Morgan fingerprint density at radius 2 is 1.59 bits per heavy atom. The third-order valence-corrected chi connectivity index (χ3v) is 6.29. The number of benzene rings is 3. The van der Waals surface area contributed by atoms with Gasteiger partial charge < -0.3 is 0 Å². The summed E-state index contributed by atoms with van der Waals surface area (Å²) in [6, 6.07) is 26.7. The van der Waals surface area contributed by atoms with Crippen LogP contribution in [-0.2, 0) is 0 Å². The van der Waals surface area contributed by atoms with Gasteiger partial charge in [0.2, 0.25) is 0 Å². The van der Waals surface area contributed by atoms with Crippen LogP contribution in [0.2, 0.25) is 0 Å². The molecule has 27 heavy (non-hydrogen) atoms. The topological polar surface area (TPSA) is 66.0 Å². The van der Waals surface area contributed by atoms with E-state index < -0.39 is 0 Å². The van der Waals surface area contributed by atoms with Crippen molar-refractivity contribution in [2.45, 2.75) is 0 Å². The number of para-hydroxylation sites is 2. The van der Waals surface area contributed by atoms with Crippen molar-refractivity contribution >= 4 is 46.2 Å². The van der Waals surface area contributed by atoms with Crippen molar-refractivity contribution in [1.29, 1.82) is 5.26 Å². The van der Waals surface area contributed by atoms with Gasteiger partial charge in [-0.3, -0.25) is 0 Å². The molecule has 4 aromatic rings. The van der Waals surface area contributed by atoms with Crippen LogP contribution in [0.5, 0.6) is 0 Å². The number of hydrogen-bond acceptors (Lipinski definition) is 4. The minimum absolute atomic E-state index is 0.268. The van der Waals surface area contributed by atoms with Gasteiger partial charge in [0.15, 0.2) is 0 Å². The normalized spacial score (nSPS) is 10.5. The zero-order valence-electron chi connectivity index (χ0n) is 14.2. The van der Waals surface area contributed by atoms with Crippen LogP contribution in [0.3, 0.4) is 0 Å². The average Bonchev–Trinajstić information content (AvgIpc) is 2.72. The van der Waals surface area contributed by atoms with Gasteiger partial charge >= 0.3 is 162 Å². The molecule has 4 nitrogen and oxygen atoms in total. The first-order chi connectivity index (χ1) is 13.2. The maximum absolute atomic E-state index is 12.7. The SMILES string of the molecule is N#Cc1ccc([Se]c2c(Nc3ccccc3)c3ccccc3oc2=O)cc1. The van der Waals surface area contributed by atoms with Gasteiger partial charge in [0, 0.05) is 0 Å². The van der Waals surface area contributed by atoms with Crippen molar-refractivity contribution in [2.75, 3.05) is 5.32 Å². The minimum atomic E-state index is -0.337. The zero-order chi connectivity index (χ0) is 18.6. The maximum atomic E-state index is 12.7. The van der Waals surface area contributed by atoms with Crippen molar-refractivity contribution in [1.82, 2.24) is 0 Å². The van der Waals surface area contributed by atoms with Crippen LogP contribution < -0.4 is 19.9 Å². The van der Waals surface area contributed by atoms with E-state index >= 15 is 0 Å². The Morgan fingerprint density at radius 3 is 2.33 bits per heavy atom. The molecule has 5 heteroatoms. The van der Waals surface area contributed by atoms with E-state index in [0.29, 0.717) is 15.6 Å². The molecule has 0 radical (unpaired) electrons. The molecule has 0 saturated heterocycles. The molecule has 0 atom stereocenters. The van der Waals surface area contributed by atoms with E-state index in [1.807, 2.05) is 60.7 Å². The predicted octanol–water partition coefficient (Wildman–Crippen LogP) is 3.06. The van der Waals surface area contributed by atoms with Crippen LogP contribution in [0, 0.1) is 11.3 Å². The first kappa shape index (κ1) is 17.1. The van der Waals surface area contributed by atoms with E-state index in [2.05, 4.69) is 11.4 Å². The molecule has 0 amide bonds. The summed E-state index contributed by atoms with van der Waals surface area (Å²) < 4.78 is 7.18. The first-order valence-corrected chi connectivity index (χ1v) is 10.0. The molecular weight excluding hydrogens is 403 g/mol. The number of nitrogens with zero attached hydrogens (tertiary/aromatic N) is 1. The van der Waals surface area contributed by atoms with E-state index in [1.165, 1.54) is 0 Å². The van der Waals surface area contributed by atoms with Crippen LogP contribution in [0.1, 0.15) is 5.56 Å². The molecule has 0 spiro atoms. The molecule has 0 aliphatic rings. The third-order valence-electron chi connectivity index (χ3n) is 4.02. The fourth-order valence-corrected chi connectivity index (χ4v) is 4.61. The molecular formula is C22H14N2O2Se. The predicted molar refractivity (Wildman–Crippen MR) is 108 cm³/mol. The van der Waals surface area contributed by atoms with Crippen LogP contribution in [-0.4, -0.2) is 15.0 Å². The zero-order valence-corrected chi connectivity index (χ0v) is 15.9. The van der Waals surface area contributed by atoms with Gasteiger partial charge in [-0.15, -0.1) is 0 Å². The van der Waals surface area contributed by atoms with E-state index in [9.17, 15) is 4.79 Å². The van der Waals surface area contributed by atoms with Gasteiger partial charge in [0.25, 0.3) is 0 Å². The van der Waals surface area contributed by atoms with E-state index in [1.54, 1.807) is 18.2 Å². The molecule has 1 aromatic heterocycles. The Labute approximate surface area is 162 Å². The molecule has 1 N–H and O–H groups in total. The fraction of sp³-hybridized carbons (Fsp3) is 0. The average molecular weight is 417 g/mol. The molecule has 130 valence electrons. The third kappa shape index (κ3) is 3.63. The summed E-state index contributed by atoms with van der Waals surface area (Å²) in [5, 5.41) is 13.2. The molecule has 0 saturated carbocycles. The number of rotatable bonds is 4. The van der Waals surface area contributed by atoms with Crippen molar-refractivity contribution < 1.29 is 4.42 Å². The molecule has 0 aliphatic carbocycles. The van der Waals surface area contributed by atoms with Crippen LogP contribution in [0.25, 0.3) is 11.0 Å². The van der Waals surface area contributed by atoms with Crippen LogP contribution in [0.15, 0.2) is 88.1 Å². The van der Waals surface area contributed by atoms with Gasteiger partial charge in [0.05, 0.1) is 0 Å². The second-order valence-electron chi connectivity index (χ2n) is 5.82. The van der Waals surface area contributed by atoms with Gasteiger partial charge in [-0.05, 0) is 0 Å². The fourth-order valence-electron chi connectivity index (χ4n) is 2.73. The first-order valence-electron chi connectivity index (χ1n) is 8.30. The summed E-state index contributed by atoms with van der Waals surface area (Å²) in [5.41, 5.74) is 2.50. The summed E-state index contributed by atoms with van der Waals surface area (Å²) in [5.74, 6) is 0. The Bertz CT molecular complexity index is 1190.